The molecule has 0 atom stereocenters. The van der Waals surface area contributed by atoms with Gasteiger partial charge in [0.2, 0.25) is 0 Å². The summed E-state index contributed by atoms with van der Waals surface area (Å²) in [6.45, 7) is 0. The number of anilines is 1. The molecule has 0 amide bonds. The average molecular weight is 133 g/mol. The van der Waals surface area contributed by atoms with Gasteiger partial charge >= 0.3 is 0 Å². The lowest BCUT2D eigenvalue weighted by atomic mass is 10.2. The Labute approximate surface area is 58.7 Å². The number of nitrogens with two attached hydrogens (primary N) is 1. The SMILES string of the molecule is [N-]=[N+]=Cc1ccc(N)cc1. The maximum Gasteiger partial charge on any atom is 0.287 e. The topological polar surface area (TPSA) is 62.4 Å². The van der Waals surface area contributed by atoms with Gasteiger partial charge in [-0.15, -0.1) is 0 Å². The van der Waals surface area contributed by atoms with Gasteiger partial charge in [-0.2, -0.15) is 4.79 Å². The molecule has 0 unspecified atom stereocenters. The van der Waals surface area contributed by atoms with Crippen molar-refractivity contribution in [3.8, 4) is 0 Å². The molecule has 0 saturated heterocycles. The van der Waals surface area contributed by atoms with Gasteiger partial charge in [-0.25, -0.2) is 0 Å². The summed E-state index contributed by atoms with van der Waals surface area (Å²) in [6.07, 6.45) is 1.35. The van der Waals surface area contributed by atoms with Gasteiger partial charge in [0.25, 0.3) is 6.21 Å². The van der Waals surface area contributed by atoms with E-state index >= 15 is 0 Å². The first-order valence-electron chi connectivity index (χ1n) is 2.86. The monoisotopic (exact) mass is 133 g/mol. The summed E-state index contributed by atoms with van der Waals surface area (Å²) in [5.41, 5.74) is 15.1. The van der Waals surface area contributed by atoms with Gasteiger partial charge in [-0.3, -0.25) is 0 Å². The van der Waals surface area contributed by atoms with E-state index in [0.717, 1.165) is 5.56 Å². The normalized spacial score (nSPS) is 8.40. The highest BCUT2D eigenvalue weighted by atomic mass is 14.8. The number of nitrogen functional groups attached to an aromatic ring is 1. The first-order valence-corrected chi connectivity index (χ1v) is 2.86. The summed E-state index contributed by atoms with van der Waals surface area (Å²) in [4.78, 5) is 2.87. The maximum atomic E-state index is 8.13. The first kappa shape index (κ1) is 6.52. The van der Waals surface area contributed by atoms with E-state index in [-0.39, 0.29) is 0 Å². The van der Waals surface area contributed by atoms with Crippen molar-refractivity contribution in [2.75, 3.05) is 5.73 Å². The van der Waals surface area contributed by atoms with Crippen LogP contribution in [0, 0.1) is 0 Å². The highest BCUT2D eigenvalue weighted by Gasteiger charge is 1.89. The molecule has 0 aliphatic rings. The Bertz CT molecular complexity index is 257. The van der Waals surface area contributed by atoms with Gasteiger partial charge in [0, 0.05) is 5.69 Å². The second-order valence-electron chi connectivity index (χ2n) is 1.91. The molecule has 1 aromatic carbocycles. The van der Waals surface area contributed by atoms with E-state index < -0.39 is 0 Å². The lowest BCUT2D eigenvalue weighted by Crippen LogP contribution is -1.85. The van der Waals surface area contributed by atoms with Crippen LogP contribution in [0.5, 0.6) is 0 Å². The third kappa shape index (κ3) is 1.44. The standard InChI is InChI=1S/C7H7N3/c8-7-3-1-6(2-4-7)5-10-9/h1-5H,8H2. The van der Waals surface area contributed by atoms with Crippen LogP contribution in [0.1, 0.15) is 5.56 Å². The predicted molar refractivity (Wildman–Crippen MR) is 39.6 cm³/mol. The average Bonchev–Trinajstić information content (AvgIpc) is 1.95. The highest BCUT2D eigenvalue weighted by molar-refractivity contribution is 5.75. The number of hydrogen-bond donors (Lipinski definition) is 1. The van der Waals surface area contributed by atoms with Crippen LogP contribution < -0.4 is 5.73 Å². The number of rotatable bonds is 1. The zero-order valence-electron chi connectivity index (χ0n) is 5.36. The van der Waals surface area contributed by atoms with Crippen molar-refractivity contribution < 1.29 is 4.79 Å². The van der Waals surface area contributed by atoms with E-state index in [4.69, 9.17) is 11.3 Å². The molecule has 1 rings (SSSR count). The van der Waals surface area contributed by atoms with Gasteiger partial charge < -0.3 is 11.3 Å². The van der Waals surface area contributed by atoms with Crippen molar-refractivity contribution in [2.24, 2.45) is 0 Å². The number of hydrogen-bond acceptors (Lipinski definition) is 1. The summed E-state index contributed by atoms with van der Waals surface area (Å²) in [5, 5.41) is 0. The smallest absolute Gasteiger partial charge is 0.287 e. The Morgan fingerprint density at radius 3 is 2.40 bits per heavy atom. The molecule has 0 fully saturated rings. The molecular formula is C7H7N3. The lowest BCUT2D eigenvalue weighted by molar-refractivity contribution is 0.00456. The minimum absolute atomic E-state index is 0.704. The minimum atomic E-state index is 0.704. The molecule has 3 nitrogen and oxygen atoms in total. The second-order valence-corrected chi connectivity index (χ2v) is 1.91. The van der Waals surface area contributed by atoms with Crippen molar-refractivity contribution in [2.45, 2.75) is 0 Å². The summed E-state index contributed by atoms with van der Waals surface area (Å²) in [7, 11) is 0. The van der Waals surface area contributed by atoms with Gasteiger partial charge in [0.1, 0.15) is 0 Å². The molecule has 2 N–H and O–H groups in total. The molecular weight excluding hydrogens is 126 g/mol. The van der Waals surface area contributed by atoms with Gasteiger partial charge in [0.05, 0.1) is 5.56 Å². The van der Waals surface area contributed by atoms with Crippen LogP contribution >= 0.6 is 0 Å². The maximum absolute atomic E-state index is 8.13. The molecule has 0 aromatic heterocycles. The molecule has 0 bridgehead atoms. The Kier molecular flexibility index (Phi) is 1.83. The Balaban J connectivity index is 3.00. The molecule has 0 radical (unpaired) electrons. The van der Waals surface area contributed by atoms with Gasteiger partial charge in [0.15, 0.2) is 0 Å². The van der Waals surface area contributed by atoms with Crippen LogP contribution in [0.4, 0.5) is 5.69 Å². The molecule has 0 aliphatic heterocycles. The molecule has 3 heteroatoms. The Hall–Kier alpha value is -1.60. The zero-order chi connectivity index (χ0) is 7.40. The van der Waals surface area contributed by atoms with E-state index in [9.17, 15) is 0 Å². The quantitative estimate of drug-likeness (QED) is 0.263. The molecule has 10 heavy (non-hydrogen) atoms. The first-order chi connectivity index (χ1) is 4.83. The van der Waals surface area contributed by atoms with Crippen molar-refractivity contribution in [3.05, 3.63) is 35.4 Å². The molecule has 50 valence electrons. The zero-order valence-corrected chi connectivity index (χ0v) is 5.36. The molecule has 0 aliphatic carbocycles. The van der Waals surface area contributed by atoms with Crippen molar-refractivity contribution in [3.63, 3.8) is 0 Å². The van der Waals surface area contributed by atoms with Crippen LogP contribution in [0.25, 0.3) is 5.53 Å². The minimum Gasteiger partial charge on any atom is -0.399 e. The van der Waals surface area contributed by atoms with Crippen LogP contribution in [0.15, 0.2) is 24.3 Å². The predicted octanol–water partition coefficient (Wildman–Crippen LogP) is 0.917. The Morgan fingerprint density at radius 1 is 1.30 bits per heavy atom. The van der Waals surface area contributed by atoms with Crippen LogP contribution in [0.3, 0.4) is 0 Å². The largest absolute Gasteiger partial charge is 0.399 e. The molecule has 0 saturated carbocycles. The van der Waals surface area contributed by atoms with Gasteiger partial charge in [-0.1, -0.05) is 0 Å². The fourth-order valence-corrected chi connectivity index (χ4v) is 0.649. The third-order valence-corrected chi connectivity index (χ3v) is 1.14. The van der Waals surface area contributed by atoms with Crippen molar-refractivity contribution in [1.82, 2.24) is 0 Å². The Morgan fingerprint density at radius 2 is 1.90 bits per heavy atom. The highest BCUT2D eigenvalue weighted by Crippen LogP contribution is 2.01. The third-order valence-electron chi connectivity index (χ3n) is 1.14. The fraction of sp³-hybridized carbons (Fsp3) is 0. The van der Waals surface area contributed by atoms with Crippen molar-refractivity contribution >= 4 is 11.9 Å². The van der Waals surface area contributed by atoms with Crippen LogP contribution in [-0.2, 0) is 0 Å². The molecule has 1 aromatic rings. The van der Waals surface area contributed by atoms with E-state index in [0.29, 0.717) is 5.69 Å². The van der Waals surface area contributed by atoms with E-state index in [1.807, 2.05) is 0 Å². The summed E-state index contributed by atoms with van der Waals surface area (Å²) in [5.74, 6) is 0. The van der Waals surface area contributed by atoms with Crippen molar-refractivity contribution in [1.29, 1.82) is 0 Å². The van der Waals surface area contributed by atoms with E-state index in [1.54, 1.807) is 24.3 Å². The van der Waals surface area contributed by atoms with E-state index in [1.165, 1.54) is 6.21 Å². The fourth-order valence-electron chi connectivity index (χ4n) is 0.649. The van der Waals surface area contributed by atoms with Crippen LogP contribution in [-0.4, -0.2) is 11.0 Å². The lowest BCUT2D eigenvalue weighted by Gasteiger charge is -1.88. The summed E-state index contributed by atoms with van der Waals surface area (Å²) < 4.78 is 0. The second kappa shape index (κ2) is 2.80. The van der Waals surface area contributed by atoms with E-state index in [2.05, 4.69) is 4.79 Å². The summed E-state index contributed by atoms with van der Waals surface area (Å²) >= 11 is 0. The number of nitrogens with zero attached hydrogens (tertiary/aromatic N) is 2. The van der Waals surface area contributed by atoms with Crippen LogP contribution in [0.2, 0.25) is 0 Å². The molecule has 0 heterocycles. The molecule has 0 spiro atoms. The summed E-state index contributed by atoms with van der Waals surface area (Å²) in [6, 6.07) is 7.04. The number of benzene rings is 1. The van der Waals surface area contributed by atoms with Gasteiger partial charge in [-0.05, 0) is 24.3 Å².